The number of nitrogens with one attached hydrogen (secondary N) is 1. The van der Waals surface area contributed by atoms with Gasteiger partial charge in [-0.15, -0.1) is 0 Å². The lowest BCUT2D eigenvalue weighted by Gasteiger charge is -2.24. The Kier molecular flexibility index (Phi) is 8.10. The summed E-state index contributed by atoms with van der Waals surface area (Å²) in [6.07, 6.45) is 1.93. The summed E-state index contributed by atoms with van der Waals surface area (Å²) in [5.74, 6) is -1.04. The molecular weight excluding hydrogens is 424 g/mol. The van der Waals surface area contributed by atoms with Crippen LogP contribution in [-0.2, 0) is 20.7 Å². The Bertz CT molecular complexity index is 1020. The van der Waals surface area contributed by atoms with Crippen LogP contribution in [0.25, 0.3) is 0 Å². The summed E-state index contributed by atoms with van der Waals surface area (Å²) < 4.78 is 5.08. The Morgan fingerprint density at radius 1 is 0.882 bits per heavy atom. The molecule has 0 saturated carbocycles. The Morgan fingerprint density at radius 2 is 1.44 bits per heavy atom. The molecule has 34 heavy (non-hydrogen) atoms. The van der Waals surface area contributed by atoms with Crippen molar-refractivity contribution < 1.29 is 14.3 Å². The van der Waals surface area contributed by atoms with Crippen LogP contribution >= 0.6 is 0 Å². The number of carbonyl (C=O) groups is 2. The van der Waals surface area contributed by atoms with Crippen LogP contribution < -0.4 is 5.32 Å². The third kappa shape index (κ3) is 5.72. The number of carbonyl (C=O) groups excluding carboxylic acids is 2. The van der Waals surface area contributed by atoms with E-state index in [2.05, 4.69) is 17.4 Å². The molecule has 1 amide bonds. The van der Waals surface area contributed by atoms with Crippen molar-refractivity contribution in [1.82, 2.24) is 10.2 Å². The van der Waals surface area contributed by atoms with E-state index in [-0.39, 0.29) is 23.8 Å². The van der Waals surface area contributed by atoms with Gasteiger partial charge < -0.3 is 15.0 Å². The molecule has 0 aromatic heterocycles. The van der Waals surface area contributed by atoms with E-state index in [0.717, 1.165) is 30.5 Å². The van der Waals surface area contributed by atoms with Crippen LogP contribution in [0.15, 0.2) is 91.0 Å². The maximum Gasteiger partial charge on any atom is 0.312 e. The van der Waals surface area contributed by atoms with Crippen LogP contribution in [0, 0.1) is 5.92 Å². The number of methoxy groups -OCH3 is 1. The average molecular weight is 457 g/mol. The minimum atomic E-state index is -0.405. The fourth-order valence-corrected chi connectivity index (χ4v) is 4.76. The fraction of sp³-hybridized carbons (Fsp3) is 0.310. The van der Waals surface area contributed by atoms with Gasteiger partial charge in [-0.3, -0.25) is 9.59 Å². The molecule has 0 spiro atoms. The SMILES string of the molecule is COC(=O)[C@H]1CN(C(=O)C(c2ccccc2)c2ccccc2)C[C@@H]1NCCCc1ccccc1. The van der Waals surface area contributed by atoms with Gasteiger partial charge in [0.2, 0.25) is 5.91 Å². The van der Waals surface area contributed by atoms with Gasteiger partial charge >= 0.3 is 5.97 Å². The lowest BCUT2D eigenvalue weighted by molar-refractivity contribution is -0.145. The average Bonchev–Trinajstić information content (AvgIpc) is 3.32. The number of likely N-dealkylation sites (tertiary alicyclic amines) is 1. The molecule has 176 valence electrons. The number of nitrogens with zero attached hydrogens (tertiary/aromatic N) is 1. The number of ether oxygens (including phenoxy) is 1. The second-order valence-corrected chi connectivity index (χ2v) is 8.78. The second-order valence-electron chi connectivity index (χ2n) is 8.78. The summed E-state index contributed by atoms with van der Waals surface area (Å²) in [5.41, 5.74) is 3.20. The molecule has 0 radical (unpaired) electrons. The normalized spacial score (nSPS) is 17.6. The van der Waals surface area contributed by atoms with Crippen LogP contribution in [0.5, 0.6) is 0 Å². The third-order valence-corrected chi connectivity index (χ3v) is 6.54. The molecule has 1 aliphatic heterocycles. The van der Waals surface area contributed by atoms with Crippen molar-refractivity contribution in [3.63, 3.8) is 0 Å². The van der Waals surface area contributed by atoms with Crippen molar-refractivity contribution in [1.29, 1.82) is 0 Å². The zero-order valence-electron chi connectivity index (χ0n) is 19.6. The van der Waals surface area contributed by atoms with Crippen molar-refractivity contribution in [2.75, 3.05) is 26.7 Å². The van der Waals surface area contributed by atoms with Gasteiger partial charge in [0.05, 0.1) is 18.9 Å². The fourth-order valence-electron chi connectivity index (χ4n) is 4.76. The molecular formula is C29H32N2O3. The first-order valence-corrected chi connectivity index (χ1v) is 11.9. The van der Waals surface area contributed by atoms with Gasteiger partial charge in [0.25, 0.3) is 0 Å². The number of esters is 1. The largest absolute Gasteiger partial charge is 0.469 e. The summed E-state index contributed by atoms with van der Waals surface area (Å²) in [5, 5.41) is 3.53. The number of hydrogen-bond donors (Lipinski definition) is 1. The highest BCUT2D eigenvalue weighted by Gasteiger charge is 2.42. The van der Waals surface area contributed by atoms with E-state index < -0.39 is 5.92 Å². The predicted octanol–water partition coefficient (Wildman–Crippen LogP) is 4.04. The van der Waals surface area contributed by atoms with Crippen molar-refractivity contribution in [3.8, 4) is 0 Å². The van der Waals surface area contributed by atoms with Crippen LogP contribution in [0.2, 0.25) is 0 Å². The summed E-state index contributed by atoms with van der Waals surface area (Å²) in [7, 11) is 1.41. The second kappa shape index (κ2) is 11.6. The molecule has 1 saturated heterocycles. The van der Waals surface area contributed by atoms with E-state index in [1.165, 1.54) is 12.7 Å². The Balaban J connectivity index is 1.46. The molecule has 0 aliphatic carbocycles. The molecule has 0 bridgehead atoms. The standard InChI is InChI=1S/C29H32N2O3/c1-34-29(33)25-20-31(21-26(25)30-19-11-14-22-12-5-2-6-13-22)28(32)27(23-15-7-3-8-16-23)24-17-9-4-10-18-24/h2-10,12-13,15-18,25-27,30H,11,14,19-21H2,1H3/t25-,26-/m0/s1. The molecule has 1 fully saturated rings. The Labute approximate surface area is 201 Å². The van der Waals surface area contributed by atoms with Crippen molar-refractivity contribution in [3.05, 3.63) is 108 Å². The van der Waals surface area contributed by atoms with E-state index >= 15 is 0 Å². The molecule has 3 aromatic rings. The first-order valence-electron chi connectivity index (χ1n) is 11.9. The molecule has 5 heteroatoms. The minimum Gasteiger partial charge on any atom is -0.469 e. The number of hydrogen-bond acceptors (Lipinski definition) is 4. The third-order valence-electron chi connectivity index (χ3n) is 6.54. The molecule has 3 aromatic carbocycles. The first kappa shape index (κ1) is 23.7. The zero-order valence-corrected chi connectivity index (χ0v) is 19.6. The number of amides is 1. The van der Waals surface area contributed by atoms with Crippen LogP contribution in [0.1, 0.15) is 29.0 Å². The van der Waals surface area contributed by atoms with E-state index in [0.29, 0.717) is 13.1 Å². The quantitative estimate of drug-likeness (QED) is 0.390. The maximum absolute atomic E-state index is 13.8. The van der Waals surface area contributed by atoms with E-state index in [1.807, 2.05) is 83.8 Å². The van der Waals surface area contributed by atoms with Gasteiger partial charge in [0.15, 0.2) is 0 Å². The predicted molar refractivity (Wildman–Crippen MR) is 133 cm³/mol. The van der Waals surface area contributed by atoms with Crippen molar-refractivity contribution in [2.45, 2.75) is 24.8 Å². The lowest BCUT2D eigenvalue weighted by atomic mass is 9.90. The monoisotopic (exact) mass is 456 g/mol. The molecule has 1 heterocycles. The van der Waals surface area contributed by atoms with Gasteiger partial charge in [-0.1, -0.05) is 91.0 Å². The van der Waals surface area contributed by atoms with Crippen LogP contribution in [-0.4, -0.2) is 49.6 Å². The van der Waals surface area contributed by atoms with Gasteiger partial charge in [0, 0.05) is 19.1 Å². The van der Waals surface area contributed by atoms with Crippen LogP contribution in [0.3, 0.4) is 0 Å². The summed E-state index contributed by atoms with van der Waals surface area (Å²) >= 11 is 0. The van der Waals surface area contributed by atoms with Crippen molar-refractivity contribution >= 4 is 11.9 Å². The van der Waals surface area contributed by atoms with Gasteiger partial charge in [-0.2, -0.15) is 0 Å². The minimum absolute atomic E-state index is 0.0138. The Hall–Kier alpha value is -3.44. The molecule has 1 N–H and O–H groups in total. The van der Waals surface area contributed by atoms with Gasteiger partial charge in [-0.05, 0) is 36.1 Å². The van der Waals surface area contributed by atoms with Crippen LogP contribution in [0.4, 0.5) is 0 Å². The highest BCUT2D eigenvalue weighted by Crippen LogP contribution is 2.30. The molecule has 1 aliphatic rings. The smallest absolute Gasteiger partial charge is 0.312 e. The summed E-state index contributed by atoms with van der Waals surface area (Å²) in [6, 6.07) is 29.9. The Morgan fingerprint density at radius 3 is 2.00 bits per heavy atom. The molecule has 5 nitrogen and oxygen atoms in total. The number of benzene rings is 3. The highest BCUT2D eigenvalue weighted by atomic mass is 16.5. The molecule has 4 rings (SSSR count). The maximum atomic E-state index is 13.8. The highest BCUT2D eigenvalue weighted by molar-refractivity contribution is 5.88. The van der Waals surface area contributed by atoms with E-state index in [9.17, 15) is 9.59 Å². The molecule has 2 atom stereocenters. The zero-order chi connectivity index (χ0) is 23.8. The summed E-state index contributed by atoms with van der Waals surface area (Å²) in [4.78, 5) is 28.2. The van der Waals surface area contributed by atoms with E-state index in [1.54, 1.807) is 0 Å². The van der Waals surface area contributed by atoms with Crippen molar-refractivity contribution in [2.24, 2.45) is 5.92 Å². The van der Waals surface area contributed by atoms with Gasteiger partial charge in [0.1, 0.15) is 0 Å². The topological polar surface area (TPSA) is 58.6 Å². The van der Waals surface area contributed by atoms with Gasteiger partial charge in [-0.25, -0.2) is 0 Å². The lowest BCUT2D eigenvalue weighted by Crippen LogP contribution is -2.41. The first-order chi connectivity index (χ1) is 16.7. The van der Waals surface area contributed by atoms with E-state index in [4.69, 9.17) is 4.74 Å². The summed E-state index contributed by atoms with van der Waals surface area (Å²) in [6.45, 7) is 1.62. The number of rotatable bonds is 9. The number of aryl methyl sites for hydroxylation is 1. The molecule has 0 unspecified atom stereocenters.